The van der Waals surface area contributed by atoms with Crippen molar-refractivity contribution in [3.8, 4) is 11.5 Å². The van der Waals surface area contributed by atoms with Crippen LogP contribution in [-0.2, 0) is 21.4 Å². The van der Waals surface area contributed by atoms with Gasteiger partial charge in [0.2, 0.25) is 10.0 Å². The van der Waals surface area contributed by atoms with E-state index in [0.29, 0.717) is 41.0 Å². The van der Waals surface area contributed by atoms with Crippen LogP contribution < -0.4 is 19.2 Å². The lowest BCUT2D eigenvalue weighted by Gasteiger charge is -2.21. The Hall–Kier alpha value is -2.83. The zero-order valence-corrected chi connectivity index (χ0v) is 23.4. The molecule has 36 heavy (non-hydrogen) atoms. The Balaban J connectivity index is 1.64. The molecule has 0 saturated heterocycles. The summed E-state index contributed by atoms with van der Waals surface area (Å²) in [5, 5.41) is 4.62. The Labute approximate surface area is 229 Å². The summed E-state index contributed by atoms with van der Waals surface area (Å²) in [7, 11) is -3.67. The van der Waals surface area contributed by atoms with Gasteiger partial charge in [0.1, 0.15) is 13.2 Å². The summed E-state index contributed by atoms with van der Waals surface area (Å²) < 4.78 is 38.0. The molecule has 0 bridgehead atoms. The maximum absolute atomic E-state index is 12.4. The van der Waals surface area contributed by atoms with Gasteiger partial charge in [-0.2, -0.15) is 5.10 Å². The van der Waals surface area contributed by atoms with Gasteiger partial charge in [0.25, 0.3) is 5.91 Å². The maximum Gasteiger partial charge on any atom is 0.260 e. The Bertz CT molecular complexity index is 1320. The van der Waals surface area contributed by atoms with Gasteiger partial charge in [-0.1, -0.05) is 23.7 Å². The van der Waals surface area contributed by atoms with Gasteiger partial charge in [0.05, 0.1) is 24.8 Å². The Morgan fingerprint density at radius 1 is 1.06 bits per heavy atom. The molecule has 8 nitrogen and oxygen atoms in total. The van der Waals surface area contributed by atoms with E-state index in [1.54, 1.807) is 54.6 Å². The predicted molar refractivity (Wildman–Crippen MR) is 150 cm³/mol. The first-order valence-corrected chi connectivity index (χ1v) is 14.2. The Morgan fingerprint density at radius 2 is 1.75 bits per heavy atom. The molecule has 1 amide bonds. The average molecular weight is 642 g/mol. The van der Waals surface area contributed by atoms with Crippen LogP contribution in [-0.4, -0.2) is 39.9 Å². The van der Waals surface area contributed by atoms with E-state index in [1.165, 1.54) is 6.21 Å². The number of nitrogens with one attached hydrogen (secondary N) is 1. The third-order valence-corrected chi connectivity index (χ3v) is 6.89. The number of carbonyl (C=O) groups is 1. The van der Waals surface area contributed by atoms with Gasteiger partial charge in [0, 0.05) is 8.59 Å². The molecule has 0 fully saturated rings. The van der Waals surface area contributed by atoms with E-state index in [0.717, 1.165) is 19.7 Å². The van der Waals surface area contributed by atoms with Crippen LogP contribution in [0.4, 0.5) is 5.69 Å². The smallest absolute Gasteiger partial charge is 0.260 e. The molecule has 0 aromatic heterocycles. The van der Waals surface area contributed by atoms with Gasteiger partial charge in [-0.05, 0) is 95.2 Å². The van der Waals surface area contributed by atoms with Gasteiger partial charge >= 0.3 is 0 Å². The number of anilines is 1. The number of carbonyl (C=O) groups excluding carboxylic acids is 1. The number of nitrogens with zero attached hydrogens (tertiary/aromatic N) is 2. The number of ether oxygens (including phenoxy) is 2. The number of benzene rings is 3. The highest BCUT2D eigenvalue weighted by atomic mass is 127. The molecule has 0 atom stereocenters. The van der Waals surface area contributed by atoms with Crippen molar-refractivity contribution >= 4 is 62.0 Å². The Kier molecular flexibility index (Phi) is 9.97. The maximum atomic E-state index is 12.4. The highest BCUT2D eigenvalue weighted by molar-refractivity contribution is 14.1. The predicted octanol–water partition coefficient (Wildman–Crippen LogP) is 4.84. The fourth-order valence-corrected chi connectivity index (χ4v) is 4.43. The molecule has 0 spiro atoms. The summed E-state index contributed by atoms with van der Waals surface area (Å²) in [6.45, 7) is 2.25. The summed E-state index contributed by atoms with van der Waals surface area (Å²) in [6.07, 6.45) is 2.49. The standard InChI is InChI=1S/C25H25ClIN3O5S/c1-3-34-24-14-19(6-13-23(24)35-17-18-4-7-20(26)8-5-18)15-28-29-25(31)16-30(36(2,32)33)22-11-9-21(27)10-12-22/h4-15H,3,16-17H2,1-2H3,(H,29,31)/b28-15-. The zero-order chi connectivity index (χ0) is 26.1. The highest BCUT2D eigenvalue weighted by Gasteiger charge is 2.20. The highest BCUT2D eigenvalue weighted by Crippen LogP contribution is 2.29. The van der Waals surface area contributed by atoms with Crippen molar-refractivity contribution in [2.45, 2.75) is 13.5 Å². The first-order valence-electron chi connectivity index (χ1n) is 10.8. The first-order chi connectivity index (χ1) is 17.2. The van der Waals surface area contributed by atoms with Crippen molar-refractivity contribution in [2.24, 2.45) is 5.10 Å². The second kappa shape index (κ2) is 12.9. The number of sulfonamides is 1. The summed E-state index contributed by atoms with van der Waals surface area (Å²) in [5.74, 6) is 0.515. The summed E-state index contributed by atoms with van der Waals surface area (Å²) in [5.41, 5.74) is 4.39. The fraction of sp³-hybridized carbons (Fsp3) is 0.200. The number of hydrazone groups is 1. The molecule has 0 saturated carbocycles. The van der Waals surface area contributed by atoms with Crippen LogP contribution >= 0.6 is 34.2 Å². The number of hydrogen-bond acceptors (Lipinski definition) is 6. The molecule has 1 N–H and O–H groups in total. The third-order valence-electron chi connectivity index (χ3n) is 4.78. The van der Waals surface area contributed by atoms with E-state index in [4.69, 9.17) is 21.1 Å². The largest absolute Gasteiger partial charge is 0.490 e. The van der Waals surface area contributed by atoms with E-state index in [-0.39, 0.29) is 0 Å². The van der Waals surface area contributed by atoms with Crippen molar-refractivity contribution < 1.29 is 22.7 Å². The normalized spacial score (nSPS) is 11.3. The molecular formula is C25H25ClIN3O5S. The van der Waals surface area contributed by atoms with Gasteiger partial charge < -0.3 is 9.47 Å². The number of hydrogen-bond donors (Lipinski definition) is 1. The van der Waals surface area contributed by atoms with Crippen molar-refractivity contribution in [3.05, 3.63) is 86.4 Å². The van der Waals surface area contributed by atoms with E-state index < -0.39 is 22.5 Å². The summed E-state index contributed by atoms with van der Waals surface area (Å²) in [4.78, 5) is 12.4. The number of rotatable bonds is 11. The van der Waals surface area contributed by atoms with Crippen LogP contribution in [0.2, 0.25) is 5.02 Å². The molecule has 3 aromatic rings. The Morgan fingerprint density at radius 3 is 2.39 bits per heavy atom. The fourth-order valence-electron chi connectivity index (χ4n) is 3.09. The third kappa shape index (κ3) is 8.38. The molecule has 3 rings (SSSR count). The SMILES string of the molecule is CCOc1cc(/C=N\NC(=O)CN(c2ccc(I)cc2)S(C)(=O)=O)ccc1OCc1ccc(Cl)cc1. The molecule has 190 valence electrons. The van der Waals surface area contributed by atoms with Gasteiger partial charge in [-0.15, -0.1) is 0 Å². The van der Waals surface area contributed by atoms with Crippen LogP contribution in [0.3, 0.4) is 0 Å². The molecule has 0 aliphatic rings. The topological polar surface area (TPSA) is 97.3 Å². The minimum Gasteiger partial charge on any atom is -0.490 e. The number of amides is 1. The van der Waals surface area contributed by atoms with Crippen molar-refractivity contribution in [1.29, 1.82) is 0 Å². The van der Waals surface area contributed by atoms with Crippen molar-refractivity contribution in [1.82, 2.24) is 5.43 Å². The second-order valence-corrected chi connectivity index (χ2v) is 11.2. The molecule has 11 heteroatoms. The van der Waals surface area contributed by atoms with E-state index in [2.05, 4.69) is 33.1 Å². The summed E-state index contributed by atoms with van der Waals surface area (Å²) >= 11 is 8.04. The van der Waals surface area contributed by atoms with E-state index in [1.807, 2.05) is 19.1 Å². The molecule has 0 radical (unpaired) electrons. The zero-order valence-electron chi connectivity index (χ0n) is 19.6. The van der Waals surface area contributed by atoms with Gasteiger partial charge in [0.15, 0.2) is 11.5 Å². The van der Waals surface area contributed by atoms with E-state index >= 15 is 0 Å². The first kappa shape index (κ1) is 27.8. The van der Waals surface area contributed by atoms with Crippen LogP contribution in [0.5, 0.6) is 11.5 Å². The lowest BCUT2D eigenvalue weighted by Crippen LogP contribution is -2.39. The quantitative estimate of drug-likeness (QED) is 0.184. The van der Waals surface area contributed by atoms with Crippen LogP contribution in [0, 0.1) is 3.57 Å². The van der Waals surface area contributed by atoms with Gasteiger partial charge in [-0.3, -0.25) is 9.10 Å². The van der Waals surface area contributed by atoms with Crippen LogP contribution in [0.1, 0.15) is 18.1 Å². The monoisotopic (exact) mass is 641 g/mol. The van der Waals surface area contributed by atoms with Crippen LogP contribution in [0.15, 0.2) is 71.8 Å². The van der Waals surface area contributed by atoms with E-state index in [9.17, 15) is 13.2 Å². The van der Waals surface area contributed by atoms with Crippen molar-refractivity contribution in [3.63, 3.8) is 0 Å². The number of halogens is 2. The molecule has 0 aliphatic heterocycles. The molecular weight excluding hydrogens is 617 g/mol. The molecule has 0 heterocycles. The molecule has 0 aliphatic carbocycles. The lowest BCUT2D eigenvalue weighted by atomic mass is 10.2. The molecule has 3 aromatic carbocycles. The van der Waals surface area contributed by atoms with Crippen molar-refractivity contribution in [2.75, 3.05) is 23.7 Å². The van der Waals surface area contributed by atoms with Gasteiger partial charge in [-0.25, -0.2) is 13.8 Å². The average Bonchev–Trinajstić information content (AvgIpc) is 2.83. The lowest BCUT2D eigenvalue weighted by molar-refractivity contribution is -0.119. The molecule has 0 unspecified atom stereocenters. The minimum absolute atomic E-state index is 0.345. The summed E-state index contributed by atoms with van der Waals surface area (Å²) in [6, 6.07) is 19.5. The minimum atomic E-state index is -3.67. The second-order valence-electron chi connectivity index (χ2n) is 7.59. The van der Waals surface area contributed by atoms with Crippen LogP contribution in [0.25, 0.3) is 0 Å².